The summed E-state index contributed by atoms with van der Waals surface area (Å²) in [6, 6.07) is 4.87. The molecule has 1 saturated carbocycles. The molecule has 2 unspecified atom stereocenters. The van der Waals surface area contributed by atoms with E-state index >= 15 is 0 Å². The van der Waals surface area contributed by atoms with Gasteiger partial charge in [0, 0.05) is 12.1 Å². The van der Waals surface area contributed by atoms with Gasteiger partial charge in [0.15, 0.2) is 0 Å². The summed E-state index contributed by atoms with van der Waals surface area (Å²) in [6.07, 6.45) is 1.12. The van der Waals surface area contributed by atoms with Crippen LogP contribution in [0.2, 0.25) is 0 Å². The molecular formula is C25H38N4O5. The number of hydrogen-bond acceptors (Lipinski definition) is 5. The number of alkyl carbamates (subject to hydrolysis) is 1. The monoisotopic (exact) mass is 474 g/mol. The van der Waals surface area contributed by atoms with E-state index in [1.807, 2.05) is 45.0 Å². The number of benzene rings is 1. The van der Waals surface area contributed by atoms with Crippen LogP contribution in [-0.2, 0) is 19.1 Å². The third-order valence-electron chi connectivity index (χ3n) is 5.56. The molecule has 0 heterocycles. The van der Waals surface area contributed by atoms with Gasteiger partial charge in [0.1, 0.15) is 17.7 Å². The van der Waals surface area contributed by atoms with E-state index in [9.17, 15) is 19.2 Å². The SMILES string of the molecule is Cc1ccccc1C(C(=O)NC(C)C)N(C(=O)C(CC(N)=O)NC(=O)OC(C)(C)C)C1CCC1. The fraction of sp³-hybridized carbons (Fsp3) is 0.600. The summed E-state index contributed by atoms with van der Waals surface area (Å²) in [5.74, 6) is -1.61. The first-order chi connectivity index (χ1) is 15.8. The molecule has 2 rings (SSSR count). The van der Waals surface area contributed by atoms with E-state index in [0.717, 1.165) is 24.8 Å². The molecule has 0 aliphatic heterocycles. The normalized spacial score (nSPS) is 15.6. The summed E-state index contributed by atoms with van der Waals surface area (Å²) >= 11 is 0. The fourth-order valence-electron chi connectivity index (χ4n) is 3.89. The van der Waals surface area contributed by atoms with Crippen LogP contribution in [0.5, 0.6) is 0 Å². The Morgan fingerprint density at radius 1 is 1.12 bits per heavy atom. The highest BCUT2D eigenvalue weighted by Gasteiger charge is 2.42. The zero-order chi connectivity index (χ0) is 25.6. The number of carbonyl (C=O) groups is 4. The predicted molar refractivity (Wildman–Crippen MR) is 129 cm³/mol. The molecule has 1 aliphatic rings. The number of ether oxygens (including phenoxy) is 1. The third kappa shape index (κ3) is 7.46. The van der Waals surface area contributed by atoms with Crippen LogP contribution in [-0.4, -0.2) is 52.4 Å². The Bertz CT molecular complexity index is 905. The number of nitrogens with one attached hydrogen (secondary N) is 2. The lowest BCUT2D eigenvalue weighted by Crippen LogP contribution is -2.58. The summed E-state index contributed by atoms with van der Waals surface area (Å²) in [7, 11) is 0. The molecule has 1 aromatic rings. The molecule has 1 aromatic carbocycles. The van der Waals surface area contributed by atoms with E-state index in [4.69, 9.17) is 10.5 Å². The molecule has 2 atom stereocenters. The Morgan fingerprint density at radius 2 is 1.74 bits per heavy atom. The van der Waals surface area contributed by atoms with Crippen LogP contribution in [0.3, 0.4) is 0 Å². The van der Waals surface area contributed by atoms with Gasteiger partial charge in [0.05, 0.1) is 6.42 Å². The molecule has 9 heteroatoms. The largest absolute Gasteiger partial charge is 0.444 e. The molecule has 9 nitrogen and oxygen atoms in total. The number of primary amides is 1. The van der Waals surface area contributed by atoms with Gasteiger partial charge in [-0.1, -0.05) is 24.3 Å². The van der Waals surface area contributed by atoms with Crippen molar-refractivity contribution in [2.75, 3.05) is 0 Å². The average Bonchev–Trinajstić information content (AvgIpc) is 2.64. The van der Waals surface area contributed by atoms with Gasteiger partial charge in [-0.2, -0.15) is 0 Å². The van der Waals surface area contributed by atoms with Crippen LogP contribution in [0.25, 0.3) is 0 Å². The van der Waals surface area contributed by atoms with Gasteiger partial charge >= 0.3 is 6.09 Å². The second-order valence-electron chi connectivity index (χ2n) is 10.1. The number of hydrogen-bond donors (Lipinski definition) is 3. The second kappa shape index (κ2) is 11.4. The maximum Gasteiger partial charge on any atom is 0.408 e. The molecule has 4 amide bonds. The Kier molecular flexibility index (Phi) is 9.06. The van der Waals surface area contributed by atoms with Crippen molar-refractivity contribution < 1.29 is 23.9 Å². The summed E-state index contributed by atoms with van der Waals surface area (Å²) < 4.78 is 5.29. The Labute approximate surface area is 201 Å². The predicted octanol–water partition coefficient (Wildman–Crippen LogP) is 2.71. The molecule has 0 radical (unpaired) electrons. The van der Waals surface area contributed by atoms with E-state index < -0.39 is 42.0 Å². The average molecular weight is 475 g/mol. The number of nitrogens with two attached hydrogens (primary N) is 1. The van der Waals surface area contributed by atoms with Crippen molar-refractivity contribution in [2.45, 2.75) is 97.0 Å². The van der Waals surface area contributed by atoms with E-state index in [2.05, 4.69) is 10.6 Å². The Morgan fingerprint density at radius 3 is 2.21 bits per heavy atom. The molecule has 0 saturated heterocycles. The highest BCUT2D eigenvalue weighted by atomic mass is 16.6. The van der Waals surface area contributed by atoms with E-state index in [1.165, 1.54) is 4.90 Å². The maximum atomic E-state index is 13.9. The van der Waals surface area contributed by atoms with Gasteiger partial charge in [-0.3, -0.25) is 14.4 Å². The standard InChI is InChI=1S/C25H38N4O5/c1-15(2)27-22(31)21(18-13-8-7-10-16(18)3)29(17-11-9-12-17)23(32)19(14-20(26)30)28-24(33)34-25(4,5)6/h7-8,10,13,15,17,19,21H,9,11-12,14H2,1-6H3,(H2,26,30)(H,27,31)(H,28,33). The number of carbonyl (C=O) groups excluding carboxylic acids is 4. The first kappa shape index (κ1) is 27.1. The maximum absolute atomic E-state index is 13.9. The second-order valence-corrected chi connectivity index (χ2v) is 10.1. The van der Waals surface area contributed by atoms with Gasteiger partial charge in [-0.05, 0) is 71.9 Å². The van der Waals surface area contributed by atoms with Gasteiger partial charge < -0.3 is 26.0 Å². The smallest absolute Gasteiger partial charge is 0.408 e. The molecule has 0 aromatic heterocycles. The minimum atomic E-state index is -1.26. The van der Waals surface area contributed by atoms with Crippen LogP contribution >= 0.6 is 0 Å². The summed E-state index contributed by atoms with van der Waals surface area (Å²) in [5.41, 5.74) is 6.17. The van der Waals surface area contributed by atoms with Crippen molar-refractivity contribution >= 4 is 23.8 Å². The molecule has 0 bridgehead atoms. The van der Waals surface area contributed by atoms with Crippen LogP contribution in [0.15, 0.2) is 24.3 Å². The highest BCUT2D eigenvalue weighted by Crippen LogP contribution is 2.35. The molecule has 4 N–H and O–H groups in total. The first-order valence-electron chi connectivity index (χ1n) is 11.8. The summed E-state index contributed by atoms with van der Waals surface area (Å²) in [4.78, 5) is 53.1. The lowest BCUT2D eigenvalue weighted by molar-refractivity contribution is -0.148. The topological polar surface area (TPSA) is 131 Å². The van der Waals surface area contributed by atoms with Crippen molar-refractivity contribution in [2.24, 2.45) is 5.73 Å². The Hall–Kier alpha value is -3.10. The van der Waals surface area contributed by atoms with Crippen LogP contribution in [0, 0.1) is 6.92 Å². The zero-order valence-electron chi connectivity index (χ0n) is 21.0. The minimum absolute atomic E-state index is 0.140. The molecular weight excluding hydrogens is 436 g/mol. The van der Waals surface area contributed by atoms with Crippen LogP contribution in [0.1, 0.15) is 77.5 Å². The van der Waals surface area contributed by atoms with Crippen LogP contribution < -0.4 is 16.4 Å². The van der Waals surface area contributed by atoms with Crippen molar-refractivity contribution in [3.63, 3.8) is 0 Å². The number of nitrogens with zero attached hydrogens (tertiary/aromatic N) is 1. The summed E-state index contributed by atoms with van der Waals surface area (Å²) in [5, 5.41) is 5.43. The minimum Gasteiger partial charge on any atom is -0.444 e. The number of aryl methyl sites for hydroxylation is 1. The highest BCUT2D eigenvalue weighted by molar-refractivity contribution is 5.95. The zero-order valence-corrected chi connectivity index (χ0v) is 21.0. The van der Waals surface area contributed by atoms with Crippen molar-refractivity contribution in [3.05, 3.63) is 35.4 Å². The van der Waals surface area contributed by atoms with E-state index in [0.29, 0.717) is 5.56 Å². The lowest BCUT2D eigenvalue weighted by Gasteiger charge is -2.44. The lowest BCUT2D eigenvalue weighted by atomic mass is 9.87. The quantitative estimate of drug-likeness (QED) is 0.506. The van der Waals surface area contributed by atoms with Crippen molar-refractivity contribution in [1.29, 1.82) is 0 Å². The summed E-state index contributed by atoms with van der Waals surface area (Å²) in [6.45, 7) is 10.7. The molecule has 188 valence electrons. The van der Waals surface area contributed by atoms with E-state index in [1.54, 1.807) is 20.8 Å². The van der Waals surface area contributed by atoms with Gasteiger partial charge in [-0.15, -0.1) is 0 Å². The first-order valence-corrected chi connectivity index (χ1v) is 11.8. The molecule has 1 aliphatic carbocycles. The Balaban J connectivity index is 2.50. The van der Waals surface area contributed by atoms with Gasteiger partial charge in [0.25, 0.3) is 0 Å². The van der Waals surface area contributed by atoms with Gasteiger partial charge in [0.2, 0.25) is 17.7 Å². The van der Waals surface area contributed by atoms with Crippen molar-refractivity contribution in [3.8, 4) is 0 Å². The number of amides is 4. The third-order valence-corrected chi connectivity index (χ3v) is 5.56. The molecule has 34 heavy (non-hydrogen) atoms. The van der Waals surface area contributed by atoms with Crippen molar-refractivity contribution in [1.82, 2.24) is 15.5 Å². The van der Waals surface area contributed by atoms with E-state index in [-0.39, 0.29) is 18.0 Å². The number of rotatable bonds is 9. The molecule has 1 fully saturated rings. The fourth-order valence-corrected chi connectivity index (χ4v) is 3.89. The van der Waals surface area contributed by atoms with Crippen LogP contribution in [0.4, 0.5) is 4.79 Å². The molecule has 0 spiro atoms. The van der Waals surface area contributed by atoms with Gasteiger partial charge in [-0.25, -0.2) is 4.79 Å².